The summed E-state index contributed by atoms with van der Waals surface area (Å²) in [7, 11) is 0. The van der Waals surface area contributed by atoms with Gasteiger partial charge in [-0.3, -0.25) is 9.59 Å². The fourth-order valence-corrected chi connectivity index (χ4v) is 2.82. The Morgan fingerprint density at radius 2 is 1.82 bits per heavy atom. The van der Waals surface area contributed by atoms with E-state index in [0.29, 0.717) is 18.1 Å². The van der Waals surface area contributed by atoms with Gasteiger partial charge in [0.05, 0.1) is 0 Å². The van der Waals surface area contributed by atoms with Crippen molar-refractivity contribution in [3.63, 3.8) is 0 Å². The lowest BCUT2D eigenvalue weighted by atomic mass is 9.86. The maximum atomic E-state index is 12.0. The molecule has 0 saturated heterocycles. The van der Waals surface area contributed by atoms with Gasteiger partial charge in [-0.05, 0) is 36.6 Å². The van der Waals surface area contributed by atoms with Crippen molar-refractivity contribution in [1.29, 1.82) is 0 Å². The van der Waals surface area contributed by atoms with Gasteiger partial charge in [0.15, 0.2) is 6.61 Å². The van der Waals surface area contributed by atoms with Gasteiger partial charge in [-0.25, -0.2) is 0 Å². The van der Waals surface area contributed by atoms with Crippen molar-refractivity contribution in [3.05, 3.63) is 24.3 Å². The molecular weight excluding hydrogens is 280 g/mol. The summed E-state index contributed by atoms with van der Waals surface area (Å²) in [5.74, 6) is 0.805. The number of rotatable bonds is 7. The standard InChI is InChI=1S/C17H24N2O3/c18-16(20)12-22-15-9-7-14(8-10-15)19-17(21)11-6-13-4-2-1-3-5-13/h7-10,13H,1-6,11-12H2,(H2,18,20)(H,19,21). The number of hydrogen-bond acceptors (Lipinski definition) is 3. The molecule has 1 aliphatic carbocycles. The normalized spacial score (nSPS) is 15.3. The van der Waals surface area contributed by atoms with Crippen LogP contribution >= 0.6 is 0 Å². The van der Waals surface area contributed by atoms with Gasteiger partial charge in [-0.2, -0.15) is 0 Å². The third-order valence-electron chi connectivity index (χ3n) is 4.02. The van der Waals surface area contributed by atoms with Crippen LogP contribution in [0.3, 0.4) is 0 Å². The van der Waals surface area contributed by atoms with Crippen LogP contribution in [0.4, 0.5) is 5.69 Å². The van der Waals surface area contributed by atoms with Gasteiger partial charge in [-0.15, -0.1) is 0 Å². The second kappa shape index (κ2) is 8.41. The third kappa shape index (κ3) is 5.76. The van der Waals surface area contributed by atoms with Crippen molar-refractivity contribution in [2.75, 3.05) is 11.9 Å². The number of anilines is 1. The Hall–Kier alpha value is -2.04. The molecule has 2 amide bonds. The maximum absolute atomic E-state index is 12.0. The summed E-state index contributed by atoms with van der Waals surface area (Å²) in [5, 5.41) is 2.89. The first-order valence-corrected chi connectivity index (χ1v) is 7.94. The van der Waals surface area contributed by atoms with Crippen molar-refractivity contribution >= 4 is 17.5 Å². The van der Waals surface area contributed by atoms with E-state index in [2.05, 4.69) is 5.32 Å². The third-order valence-corrected chi connectivity index (χ3v) is 4.02. The molecule has 0 atom stereocenters. The molecule has 0 unspecified atom stereocenters. The van der Waals surface area contributed by atoms with E-state index in [1.165, 1.54) is 32.1 Å². The Labute approximate surface area is 131 Å². The number of primary amides is 1. The lowest BCUT2D eigenvalue weighted by Gasteiger charge is -2.21. The zero-order valence-corrected chi connectivity index (χ0v) is 12.8. The van der Waals surface area contributed by atoms with E-state index in [1.807, 2.05) is 0 Å². The van der Waals surface area contributed by atoms with Gasteiger partial charge in [0.25, 0.3) is 5.91 Å². The monoisotopic (exact) mass is 304 g/mol. The molecule has 0 spiro atoms. The fraction of sp³-hybridized carbons (Fsp3) is 0.529. The zero-order valence-electron chi connectivity index (χ0n) is 12.8. The van der Waals surface area contributed by atoms with E-state index in [9.17, 15) is 9.59 Å². The molecule has 0 radical (unpaired) electrons. The number of amides is 2. The quantitative estimate of drug-likeness (QED) is 0.812. The van der Waals surface area contributed by atoms with E-state index in [-0.39, 0.29) is 12.5 Å². The topological polar surface area (TPSA) is 81.4 Å². The van der Waals surface area contributed by atoms with Gasteiger partial charge < -0.3 is 15.8 Å². The number of benzene rings is 1. The summed E-state index contributed by atoms with van der Waals surface area (Å²) >= 11 is 0. The summed E-state index contributed by atoms with van der Waals surface area (Å²) in [6, 6.07) is 6.93. The molecule has 120 valence electrons. The predicted molar refractivity (Wildman–Crippen MR) is 85.6 cm³/mol. The van der Waals surface area contributed by atoms with Crippen molar-refractivity contribution in [2.24, 2.45) is 11.7 Å². The molecular formula is C17H24N2O3. The van der Waals surface area contributed by atoms with Crippen LogP contribution in [0.25, 0.3) is 0 Å². The molecule has 5 heteroatoms. The van der Waals surface area contributed by atoms with Gasteiger partial charge in [0.1, 0.15) is 5.75 Å². The van der Waals surface area contributed by atoms with Crippen LogP contribution in [-0.2, 0) is 9.59 Å². The minimum atomic E-state index is -0.514. The average molecular weight is 304 g/mol. The highest BCUT2D eigenvalue weighted by molar-refractivity contribution is 5.90. The smallest absolute Gasteiger partial charge is 0.255 e. The number of carbonyl (C=O) groups excluding carboxylic acids is 2. The van der Waals surface area contributed by atoms with Crippen molar-refractivity contribution < 1.29 is 14.3 Å². The van der Waals surface area contributed by atoms with E-state index >= 15 is 0 Å². The fourth-order valence-electron chi connectivity index (χ4n) is 2.82. The summed E-state index contributed by atoms with van der Waals surface area (Å²) in [6.45, 7) is -0.146. The highest BCUT2D eigenvalue weighted by atomic mass is 16.5. The second-order valence-corrected chi connectivity index (χ2v) is 5.87. The Kier molecular flexibility index (Phi) is 6.25. The molecule has 0 aliphatic heterocycles. The predicted octanol–water partition coefficient (Wildman–Crippen LogP) is 2.85. The molecule has 3 N–H and O–H groups in total. The summed E-state index contributed by atoms with van der Waals surface area (Å²) in [4.78, 5) is 22.6. The SMILES string of the molecule is NC(=O)COc1ccc(NC(=O)CCC2CCCCC2)cc1. The van der Waals surface area contributed by atoms with Crippen LogP contribution in [0, 0.1) is 5.92 Å². The van der Waals surface area contributed by atoms with E-state index in [1.54, 1.807) is 24.3 Å². The molecule has 0 heterocycles. The van der Waals surface area contributed by atoms with E-state index in [4.69, 9.17) is 10.5 Å². The molecule has 1 fully saturated rings. The highest BCUT2D eigenvalue weighted by Gasteiger charge is 2.14. The number of nitrogens with two attached hydrogens (primary N) is 1. The molecule has 1 aromatic carbocycles. The molecule has 1 saturated carbocycles. The molecule has 1 aromatic rings. The number of ether oxygens (including phenoxy) is 1. The number of carbonyl (C=O) groups is 2. The number of hydrogen-bond donors (Lipinski definition) is 2. The molecule has 2 rings (SSSR count). The number of nitrogens with one attached hydrogen (secondary N) is 1. The molecule has 0 bridgehead atoms. The first kappa shape index (κ1) is 16.3. The first-order chi connectivity index (χ1) is 10.6. The van der Waals surface area contributed by atoms with Crippen LogP contribution in [0.5, 0.6) is 5.75 Å². The molecule has 0 aromatic heterocycles. The van der Waals surface area contributed by atoms with Gasteiger partial charge >= 0.3 is 0 Å². The lowest BCUT2D eigenvalue weighted by molar-refractivity contribution is -0.120. The summed E-state index contributed by atoms with van der Waals surface area (Å²) in [6.07, 6.45) is 8.03. The largest absolute Gasteiger partial charge is 0.484 e. The zero-order chi connectivity index (χ0) is 15.8. The van der Waals surface area contributed by atoms with Gasteiger partial charge in [0.2, 0.25) is 5.91 Å². The highest BCUT2D eigenvalue weighted by Crippen LogP contribution is 2.27. The van der Waals surface area contributed by atoms with Crippen LogP contribution < -0.4 is 15.8 Å². The summed E-state index contributed by atoms with van der Waals surface area (Å²) in [5.41, 5.74) is 5.75. The lowest BCUT2D eigenvalue weighted by Crippen LogP contribution is -2.20. The van der Waals surface area contributed by atoms with Crippen molar-refractivity contribution in [1.82, 2.24) is 0 Å². The minimum Gasteiger partial charge on any atom is -0.484 e. The molecule has 5 nitrogen and oxygen atoms in total. The van der Waals surface area contributed by atoms with E-state index in [0.717, 1.165) is 12.1 Å². The average Bonchev–Trinajstić information content (AvgIpc) is 2.53. The molecule has 1 aliphatic rings. The Bertz CT molecular complexity index is 493. The summed E-state index contributed by atoms with van der Waals surface area (Å²) < 4.78 is 5.17. The van der Waals surface area contributed by atoms with Crippen molar-refractivity contribution in [3.8, 4) is 5.75 Å². The van der Waals surface area contributed by atoms with Crippen LogP contribution in [0.15, 0.2) is 24.3 Å². The van der Waals surface area contributed by atoms with E-state index < -0.39 is 5.91 Å². The first-order valence-electron chi connectivity index (χ1n) is 7.94. The maximum Gasteiger partial charge on any atom is 0.255 e. The van der Waals surface area contributed by atoms with Crippen molar-refractivity contribution in [2.45, 2.75) is 44.9 Å². The second-order valence-electron chi connectivity index (χ2n) is 5.87. The Morgan fingerprint density at radius 3 is 2.45 bits per heavy atom. The van der Waals surface area contributed by atoms with Crippen LogP contribution in [0.1, 0.15) is 44.9 Å². The minimum absolute atomic E-state index is 0.0522. The van der Waals surface area contributed by atoms with Gasteiger partial charge in [0, 0.05) is 12.1 Å². The van der Waals surface area contributed by atoms with Gasteiger partial charge in [-0.1, -0.05) is 32.1 Å². The van der Waals surface area contributed by atoms with Crippen LogP contribution in [-0.4, -0.2) is 18.4 Å². The Balaban J connectivity index is 1.72. The van der Waals surface area contributed by atoms with Crippen LogP contribution in [0.2, 0.25) is 0 Å². The molecule has 22 heavy (non-hydrogen) atoms. The Morgan fingerprint density at radius 1 is 1.14 bits per heavy atom.